The highest BCUT2D eigenvalue weighted by Crippen LogP contribution is 2.49. The quantitative estimate of drug-likeness (QED) is 0.161. The van der Waals surface area contributed by atoms with E-state index in [0.29, 0.717) is 11.8 Å². The molecule has 0 atom stereocenters. The van der Waals surface area contributed by atoms with Crippen LogP contribution in [-0.2, 0) is 0 Å². The lowest BCUT2D eigenvalue weighted by atomic mass is 9.89. The van der Waals surface area contributed by atoms with Crippen molar-refractivity contribution in [1.82, 2.24) is 0 Å². The van der Waals surface area contributed by atoms with Crippen molar-refractivity contribution in [2.24, 2.45) is 0 Å². The third-order valence-electron chi connectivity index (χ3n) is 12.6. The molecule has 54 heavy (non-hydrogen) atoms. The van der Waals surface area contributed by atoms with Crippen LogP contribution in [0.25, 0.3) is 108 Å². The zero-order valence-electron chi connectivity index (χ0n) is 31.9. The van der Waals surface area contributed by atoms with Crippen molar-refractivity contribution in [2.45, 2.75) is 53.4 Å². The molecule has 258 valence electrons. The highest BCUT2D eigenvalue weighted by Gasteiger charge is 2.21. The van der Waals surface area contributed by atoms with Gasteiger partial charge in [-0.1, -0.05) is 136 Å². The average molecular weight is 691 g/mol. The van der Waals surface area contributed by atoms with Gasteiger partial charge >= 0.3 is 0 Å². The van der Waals surface area contributed by atoms with Gasteiger partial charge in [0.15, 0.2) is 0 Å². The van der Waals surface area contributed by atoms with E-state index in [9.17, 15) is 0 Å². The Bertz CT molecular complexity index is 3080. The van der Waals surface area contributed by atoms with Gasteiger partial charge < -0.3 is 0 Å². The first-order valence-electron chi connectivity index (χ1n) is 19.6. The Morgan fingerprint density at radius 1 is 0.259 bits per heavy atom. The maximum Gasteiger partial charge on any atom is -0.00195 e. The van der Waals surface area contributed by atoms with Crippen LogP contribution in [0.15, 0.2) is 133 Å². The second-order valence-corrected chi connectivity index (χ2v) is 16.6. The summed E-state index contributed by atoms with van der Waals surface area (Å²) in [6.45, 7) is 13.5. The molecule has 0 unspecified atom stereocenters. The van der Waals surface area contributed by atoms with Crippen LogP contribution >= 0.6 is 0 Å². The molecule has 11 aromatic carbocycles. The van der Waals surface area contributed by atoms with E-state index in [0.717, 1.165) is 0 Å². The van der Waals surface area contributed by atoms with Gasteiger partial charge in [0.2, 0.25) is 0 Å². The van der Waals surface area contributed by atoms with Gasteiger partial charge in [-0.25, -0.2) is 0 Å². The summed E-state index contributed by atoms with van der Waals surface area (Å²) in [5.74, 6) is 0.932. The first-order valence-corrected chi connectivity index (χ1v) is 19.6. The van der Waals surface area contributed by atoms with Crippen molar-refractivity contribution in [3.63, 3.8) is 0 Å². The molecular formula is C54H42. The number of hydrogen-bond acceptors (Lipinski definition) is 0. The van der Waals surface area contributed by atoms with Crippen molar-refractivity contribution < 1.29 is 0 Å². The molecule has 11 rings (SSSR count). The van der Waals surface area contributed by atoms with Crippen molar-refractivity contribution in [3.05, 3.63) is 156 Å². The molecule has 0 N–H and O–H groups in total. The summed E-state index contributed by atoms with van der Waals surface area (Å²) in [7, 11) is 0. The van der Waals surface area contributed by atoms with Crippen LogP contribution < -0.4 is 0 Å². The van der Waals surface area contributed by atoms with E-state index in [1.807, 2.05) is 0 Å². The minimum atomic E-state index is 0.466. The van der Waals surface area contributed by atoms with Crippen molar-refractivity contribution in [1.29, 1.82) is 0 Å². The Morgan fingerprint density at radius 2 is 0.556 bits per heavy atom. The van der Waals surface area contributed by atoms with Gasteiger partial charge in [0.25, 0.3) is 0 Å². The van der Waals surface area contributed by atoms with Crippen LogP contribution in [-0.4, -0.2) is 0 Å². The summed E-state index contributed by atoms with van der Waals surface area (Å²) in [5, 5.41) is 21.6. The zero-order chi connectivity index (χ0) is 36.6. The smallest absolute Gasteiger partial charge is 0.00195 e. The fourth-order valence-electron chi connectivity index (χ4n) is 9.57. The van der Waals surface area contributed by atoms with E-state index in [1.54, 1.807) is 0 Å². The number of benzene rings is 9. The first kappa shape index (κ1) is 31.5. The van der Waals surface area contributed by atoms with Gasteiger partial charge in [-0.15, -0.1) is 0 Å². The SMILES string of the molecule is Cc1ccc(-c2cc3c4ccc5c(cc6c7ccc(C(C)C)cc7c7cc(-c8ccc(C)cc8)cc5c76)c4cc4c5ccc(C(C)C)cc5c(c2)c34)cc1. The standard InChI is InChI=1S/C54H42/c1-29(2)35-15-17-39-43(21-35)49-25-37(33-11-7-31(5)8-12-33)23-47-41-19-20-42-46(45(41)27-51(39)53(47)49)28-52-40-18-16-36(30(3)4)22-44(40)50-26-38(24-48(42)54(50)52)34-13-9-32(6)10-14-34/h7-30H,1-6H3. The molecule has 0 saturated heterocycles. The number of aryl methyl sites for hydroxylation is 2. The lowest BCUT2D eigenvalue weighted by Crippen LogP contribution is -1.86. The summed E-state index contributed by atoms with van der Waals surface area (Å²) in [5.41, 5.74) is 10.4. The van der Waals surface area contributed by atoms with Gasteiger partial charge in [0.1, 0.15) is 0 Å². The van der Waals surface area contributed by atoms with Crippen molar-refractivity contribution in [3.8, 4) is 22.3 Å². The summed E-state index contributed by atoms with van der Waals surface area (Å²) in [4.78, 5) is 0. The maximum absolute atomic E-state index is 2.52. The largest absolute Gasteiger partial charge is 0.0587 e. The maximum atomic E-state index is 2.52. The molecule has 0 aliphatic carbocycles. The third kappa shape index (κ3) is 4.44. The van der Waals surface area contributed by atoms with Gasteiger partial charge in [0.05, 0.1) is 0 Å². The Kier molecular flexibility index (Phi) is 6.58. The zero-order valence-corrected chi connectivity index (χ0v) is 31.9. The van der Waals surface area contributed by atoms with E-state index >= 15 is 0 Å². The molecular weight excluding hydrogens is 649 g/mol. The number of fused-ring (bicyclic) bond motifs is 11. The molecule has 0 heteroatoms. The fourth-order valence-corrected chi connectivity index (χ4v) is 9.57. The Balaban J connectivity index is 1.32. The monoisotopic (exact) mass is 690 g/mol. The van der Waals surface area contributed by atoms with Crippen LogP contribution in [0, 0.1) is 13.8 Å². The molecule has 0 fully saturated rings. The van der Waals surface area contributed by atoms with E-state index < -0.39 is 0 Å². The highest BCUT2D eigenvalue weighted by molar-refractivity contribution is 6.40. The minimum Gasteiger partial charge on any atom is -0.0587 e. The molecule has 0 amide bonds. The van der Waals surface area contributed by atoms with E-state index in [-0.39, 0.29) is 0 Å². The van der Waals surface area contributed by atoms with E-state index in [2.05, 4.69) is 175 Å². The first-order chi connectivity index (χ1) is 26.2. The summed E-state index contributed by atoms with van der Waals surface area (Å²) >= 11 is 0. The summed E-state index contributed by atoms with van der Waals surface area (Å²) < 4.78 is 0. The van der Waals surface area contributed by atoms with E-state index in [1.165, 1.54) is 131 Å². The van der Waals surface area contributed by atoms with Crippen molar-refractivity contribution in [2.75, 3.05) is 0 Å². The van der Waals surface area contributed by atoms with Crippen LogP contribution in [0.5, 0.6) is 0 Å². The van der Waals surface area contributed by atoms with Crippen LogP contribution in [0.4, 0.5) is 0 Å². The molecule has 0 saturated carbocycles. The lowest BCUT2D eigenvalue weighted by Gasteiger charge is -2.14. The van der Waals surface area contributed by atoms with E-state index in [4.69, 9.17) is 0 Å². The second kappa shape index (κ2) is 11.3. The number of rotatable bonds is 4. The molecule has 11 aromatic rings. The fraction of sp³-hybridized carbons (Fsp3) is 0.148. The Labute approximate surface area is 316 Å². The second-order valence-electron chi connectivity index (χ2n) is 16.6. The summed E-state index contributed by atoms with van der Waals surface area (Å²) in [6.07, 6.45) is 0. The minimum absolute atomic E-state index is 0.466. The average Bonchev–Trinajstić information content (AvgIpc) is 3.67. The predicted molar refractivity (Wildman–Crippen MR) is 237 cm³/mol. The normalized spacial score (nSPS) is 12.6. The molecule has 0 radical (unpaired) electrons. The van der Waals surface area contributed by atoms with Crippen molar-refractivity contribution >= 4 is 86.2 Å². The topological polar surface area (TPSA) is 0 Å². The Hall–Kier alpha value is -5.98. The van der Waals surface area contributed by atoms with Gasteiger partial charge in [-0.05, 0) is 182 Å². The molecule has 0 aliphatic heterocycles. The van der Waals surface area contributed by atoms with Crippen LogP contribution in [0.3, 0.4) is 0 Å². The van der Waals surface area contributed by atoms with Gasteiger partial charge in [0, 0.05) is 0 Å². The number of hydrogen-bond donors (Lipinski definition) is 0. The predicted octanol–water partition coefficient (Wildman–Crippen LogP) is 16.0. The molecule has 0 aromatic heterocycles. The highest BCUT2D eigenvalue weighted by atomic mass is 14.2. The molecule has 0 nitrogen and oxygen atoms in total. The third-order valence-corrected chi connectivity index (χ3v) is 12.6. The summed E-state index contributed by atoms with van der Waals surface area (Å²) in [6, 6.07) is 52.2. The molecule has 0 heterocycles. The van der Waals surface area contributed by atoms with Gasteiger partial charge in [-0.2, -0.15) is 0 Å². The Morgan fingerprint density at radius 3 is 0.907 bits per heavy atom. The lowest BCUT2D eigenvalue weighted by molar-refractivity contribution is 0.869. The van der Waals surface area contributed by atoms with Crippen LogP contribution in [0.1, 0.15) is 61.8 Å². The van der Waals surface area contributed by atoms with Gasteiger partial charge in [-0.3, -0.25) is 0 Å². The molecule has 0 bridgehead atoms. The molecule has 0 spiro atoms. The molecule has 0 aliphatic rings. The van der Waals surface area contributed by atoms with Crippen LogP contribution in [0.2, 0.25) is 0 Å².